The molecule has 0 fully saturated rings. The molecule has 0 atom stereocenters. The van der Waals surface area contributed by atoms with Crippen molar-refractivity contribution in [2.24, 2.45) is 0 Å². The molecule has 1 heterocycles. The Balaban J connectivity index is 2.07. The van der Waals surface area contributed by atoms with Gasteiger partial charge in [-0.2, -0.15) is 0 Å². The van der Waals surface area contributed by atoms with E-state index in [1.54, 1.807) is 0 Å². The van der Waals surface area contributed by atoms with Gasteiger partial charge in [0, 0.05) is 44.1 Å². The maximum atomic E-state index is 12.9. The van der Waals surface area contributed by atoms with E-state index in [0.717, 1.165) is 5.56 Å². The van der Waals surface area contributed by atoms with Gasteiger partial charge < -0.3 is 15.0 Å². The Labute approximate surface area is 168 Å². The first-order valence-corrected chi connectivity index (χ1v) is 11.4. The smallest absolute Gasteiger partial charge is 0.223 e. The Kier molecular flexibility index (Phi) is 7.81. The third-order valence-corrected chi connectivity index (χ3v) is 6.48. The summed E-state index contributed by atoms with van der Waals surface area (Å²) >= 11 is 3.34. The summed E-state index contributed by atoms with van der Waals surface area (Å²) in [7, 11) is -3.72. The molecule has 2 rings (SSSR count). The van der Waals surface area contributed by atoms with Crippen LogP contribution in [-0.2, 0) is 30.6 Å². The molecule has 9 heteroatoms. The number of carbonyl (C=O) groups excluding carboxylic acids is 2. The average molecular weight is 461 g/mol. The largest absolute Gasteiger partial charge is 0.382 e. The Bertz CT molecular complexity index is 810. The molecule has 0 unspecified atom stereocenters. The van der Waals surface area contributed by atoms with Gasteiger partial charge in [-0.3, -0.25) is 9.59 Å². The fourth-order valence-corrected chi connectivity index (χ4v) is 5.17. The van der Waals surface area contributed by atoms with Gasteiger partial charge in [-0.15, -0.1) is 0 Å². The number of rotatable bonds is 9. The predicted octanol–water partition coefficient (Wildman–Crippen LogP) is 2.06. The second-order valence-corrected chi connectivity index (χ2v) is 9.29. The van der Waals surface area contributed by atoms with E-state index in [1.165, 1.54) is 17.9 Å². The van der Waals surface area contributed by atoms with E-state index in [1.807, 2.05) is 13.0 Å². The summed E-state index contributed by atoms with van der Waals surface area (Å²) in [6.45, 7) is 5.41. The highest BCUT2D eigenvalue weighted by Gasteiger charge is 2.31. The summed E-state index contributed by atoms with van der Waals surface area (Å²) in [5, 5.41) is 2.70. The molecule has 150 valence electrons. The van der Waals surface area contributed by atoms with Gasteiger partial charge in [-0.25, -0.2) is 8.42 Å². The number of ether oxygens (including phenoxy) is 1. The van der Waals surface area contributed by atoms with Crippen LogP contribution in [0.5, 0.6) is 0 Å². The van der Waals surface area contributed by atoms with Crippen LogP contribution in [0.1, 0.15) is 32.3 Å². The van der Waals surface area contributed by atoms with Crippen molar-refractivity contribution in [3.8, 4) is 0 Å². The van der Waals surface area contributed by atoms with Gasteiger partial charge in [0.1, 0.15) is 0 Å². The molecule has 1 N–H and O–H groups in total. The number of amides is 2. The van der Waals surface area contributed by atoms with Crippen LogP contribution in [0.3, 0.4) is 0 Å². The van der Waals surface area contributed by atoms with Gasteiger partial charge in [-0.05, 0) is 37.5 Å². The second-order valence-electron chi connectivity index (χ2n) is 6.30. The minimum Gasteiger partial charge on any atom is -0.382 e. The van der Waals surface area contributed by atoms with E-state index in [-0.39, 0.29) is 28.9 Å². The number of sulfone groups is 1. The van der Waals surface area contributed by atoms with Gasteiger partial charge in [0.05, 0.1) is 16.3 Å². The van der Waals surface area contributed by atoms with Gasteiger partial charge in [0.15, 0.2) is 9.84 Å². The normalized spacial score (nSPS) is 13.5. The Morgan fingerprint density at radius 1 is 1.33 bits per heavy atom. The van der Waals surface area contributed by atoms with E-state index >= 15 is 0 Å². The Morgan fingerprint density at radius 3 is 2.74 bits per heavy atom. The molecule has 2 amide bonds. The lowest BCUT2D eigenvalue weighted by Gasteiger charge is -2.19. The number of hydrogen-bond donors (Lipinski definition) is 1. The number of nitrogens with one attached hydrogen (secondary N) is 1. The van der Waals surface area contributed by atoms with Crippen LogP contribution < -0.4 is 10.2 Å². The Morgan fingerprint density at radius 2 is 2.07 bits per heavy atom. The molecule has 0 spiro atoms. The summed E-state index contributed by atoms with van der Waals surface area (Å²) in [6, 6.07) is 3.35. The molecule has 0 aliphatic carbocycles. The van der Waals surface area contributed by atoms with Crippen LogP contribution in [0.2, 0.25) is 0 Å². The van der Waals surface area contributed by atoms with E-state index < -0.39 is 9.84 Å². The lowest BCUT2D eigenvalue weighted by Crippen LogP contribution is -2.29. The average Bonchev–Trinajstić information content (AvgIpc) is 3.03. The highest BCUT2D eigenvalue weighted by Crippen LogP contribution is 2.38. The molecule has 1 aromatic rings. The van der Waals surface area contributed by atoms with E-state index in [4.69, 9.17) is 4.74 Å². The van der Waals surface area contributed by atoms with Crippen LogP contribution in [-0.4, -0.2) is 52.3 Å². The number of benzene rings is 1. The van der Waals surface area contributed by atoms with Crippen molar-refractivity contribution in [1.82, 2.24) is 5.32 Å². The first kappa shape index (κ1) is 21.8. The zero-order valence-corrected chi connectivity index (χ0v) is 18.0. The van der Waals surface area contributed by atoms with Crippen LogP contribution in [0.25, 0.3) is 0 Å². The molecule has 7 nitrogen and oxygen atoms in total. The second kappa shape index (κ2) is 9.66. The molecular formula is C18H25BrN2O5S. The molecule has 0 saturated heterocycles. The number of nitrogens with zero attached hydrogens (tertiary/aromatic N) is 1. The lowest BCUT2D eigenvalue weighted by molar-refractivity contribution is -0.120. The quantitative estimate of drug-likeness (QED) is 0.569. The molecule has 27 heavy (non-hydrogen) atoms. The van der Waals surface area contributed by atoms with Crippen molar-refractivity contribution < 1.29 is 22.7 Å². The zero-order valence-electron chi connectivity index (χ0n) is 15.6. The van der Waals surface area contributed by atoms with Gasteiger partial charge in [-0.1, -0.05) is 15.9 Å². The maximum Gasteiger partial charge on any atom is 0.223 e. The van der Waals surface area contributed by atoms with E-state index in [2.05, 4.69) is 21.2 Å². The third-order valence-electron chi connectivity index (χ3n) is 4.30. The van der Waals surface area contributed by atoms with E-state index in [0.29, 0.717) is 49.3 Å². The molecule has 1 aliphatic heterocycles. The molecule has 0 bridgehead atoms. The summed E-state index contributed by atoms with van der Waals surface area (Å²) in [5.74, 6) is -0.816. The molecule has 0 aromatic heterocycles. The Hall–Kier alpha value is -1.45. The van der Waals surface area contributed by atoms with Crippen molar-refractivity contribution in [2.45, 2.75) is 38.0 Å². The van der Waals surface area contributed by atoms with Crippen molar-refractivity contribution in [1.29, 1.82) is 0 Å². The predicted molar refractivity (Wildman–Crippen MR) is 107 cm³/mol. The summed E-state index contributed by atoms with van der Waals surface area (Å²) in [6.07, 6.45) is 1.16. The van der Waals surface area contributed by atoms with Crippen LogP contribution in [0.15, 0.2) is 21.5 Å². The standard InChI is InChI=1S/C18H25BrN2O5S/c1-3-26-9-4-7-20-17(23)6-10-27(24,25)16-12-15(19)11-14-5-8-21(13(2)22)18(14)16/h11-12H,3-10H2,1-2H3,(H,20,23). The highest BCUT2D eigenvalue weighted by molar-refractivity contribution is 9.10. The number of halogens is 1. The highest BCUT2D eigenvalue weighted by atomic mass is 79.9. The molecule has 1 aromatic carbocycles. The van der Waals surface area contributed by atoms with Crippen molar-refractivity contribution in [3.63, 3.8) is 0 Å². The van der Waals surface area contributed by atoms with Crippen molar-refractivity contribution in [3.05, 3.63) is 22.2 Å². The monoisotopic (exact) mass is 460 g/mol. The first-order chi connectivity index (χ1) is 12.8. The summed E-state index contributed by atoms with van der Waals surface area (Å²) < 4.78 is 31.6. The van der Waals surface area contributed by atoms with Crippen LogP contribution in [0, 0.1) is 0 Å². The van der Waals surface area contributed by atoms with Crippen molar-refractivity contribution in [2.75, 3.05) is 37.0 Å². The SMILES string of the molecule is CCOCCCNC(=O)CCS(=O)(=O)c1cc(Br)cc2c1N(C(C)=O)CC2. The van der Waals surface area contributed by atoms with E-state index in [9.17, 15) is 18.0 Å². The third kappa shape index (κ3) is 5.76. The summed E-state index contributed by atoms with van der Waals surface area (Å²) in [5.41, 5.74) is 1.27. The van der Waals surface area contributed by atoms with Gasteiger partial charge >= 0.3 is 0 Å². The van der Waals surface area contributed by atoms with Crippen molar-refractivity contribution >= 4 is 43.3 Å². The number of anilines is 1. The summed E-state index contributed by atoms with van der Waals surface area (Å²) in [4.78, 5) is 25.4. The number of hydrogen-bond acceptors (Lipinski definition) is 5. The number of carbonyl (C=O) groups is 2. The number of fused-ring (bicyclic) bond motifs is 1. The first-order valence-electron chi connectivity index (χ1n) is 8.94. The van der Waals surface area contributed by atoms with Gasteiger partial charge in [0.25, 0.3) is 0 Å². The lowest BCUT2D eigenvalue weighted by atomic mass is 10.2. The van der Waals surface area contributed by atoms with Gasteiger partial charge in [0.2, 0.25) is 11.8 Å². The topological polar surface area (TPSA) is 92.8 Å². The minimum atomic E-state index is -3.72. The fraction of sp³-hybridized carbons (Fsp3) is 0.556. The molecule has 1 aliphatic rings. The molecule has 0 saturated carbocycles. The molecular weight excluding hydrogens is 436 g/mol. The van der Waals surface area contributed by atoms with Crippen LogP contribution in [0.4, 0.5) is 5.69 Å². The fourth-order valence-electron chi connectivity index (χ4n) is 2.99. The minimum absolute atomic E-state index is 0.101. The zero-order chi connectivity index (χ0) is 20.0. The van der Waals surface area contributed by atoms with Crippen LogP contribution >= 0.6 is 15.9 Å². The maximum absolute atomic E-state index is 12.9. The molecule has 0 radical (unpaired) electrons.